The van der Waals surface area contributed by atoms with Gasteiger partial charge >= 0.3 is 5.97 Å². The summed E-state index contributed by atoms with van der Waals surface area (Å²) in [7, 11) is 0. The molecule has 0 bridgehead atoms. The van der Waals surface area contributed by atoms with Crippen molar-refractivity contribution in [2.24, 2.45) is 5.73 Å². The third kappa shape index (κ3) is 6.65. The van der Waals surface area contributed by atoms with E-state index in [9.17, 15) is 14.4 Å². The van der Waals surface area contributed by atoms with Crippen LogP contribution in [0.3, 0.4) is 0 Å². The fourth-order valence-corrected chi connectivity index (χ4v) is 3.92. The van der Waals surface area contributed by atoms with Gasteiger partial charge in [0.25, 0.3) is 0 Å². The summed E-state index contributed by atoms with van der Waals surface area (Å²) in [5, 5.41) is 11.7. The van der Waals surface area contributed by atoms with Crippen LogP contribution < -0.4 is 11.1 Å². The van der Waals surface area contributed by atoms with E-state index in [-0.39, 0.29) is 30.7 Å². The van der Waals surface area contributed by atoms with Crippen molar-refractivity contribution in [1.29, 1.82) is 0 Å². The Hall–Kier alpha value is -3.19. The Kier molecular flexibility index (Phi) is 7.78. The van der Waals surface area contributed by atoms with Crippen LogP contribution in [-0.2, 0) is 33.8 Å². The maximum Gasteiger partial charge on any atom is 0.307 e. The lowest BCUT2D eigenvalue weighted by Gasteiger charge is -2.25. The van der Waals surface area contributed by atoms with Crippen LogP contribution in [0.5, 0.6) is 0 Å². The van der Waals surface area contributed by atoms with Gasteiger partial charge < -0.3 is 21.1 Å². The number of nitrogens with two attached hydrogens (primary N) is 1. The number of likely N-dealkylation sites (tertiary alicyclic amines) is 1. The number of carbonyl (C=O) groups excluding carboxylic acids is 2. The number of benzene rings is 2. The van der Waals surface area contributed by atoms with Crippen LogP contribution in [0.4, 0.5) is 0 Å². The Morgan fingerprint density at radius 3 is 2.39 bits per heavy atom. The number of nitrogens with one attached hydrogen (secondary N) is 1. The zero-order valence-electron chi connectivity index (χ0n) is 17.5. The largest absolute Gasteiger partial charge is 0.481 e. The van der Waals surface area contributed by atoms with Crippen LogP contribution in [-0.4, -0.2) is 46.4 Å². The van der Waals surface area contributed by atoms with Crippen molar-refractivity contribution >= 4 is 17.8 Å². The van der Waals surface area contributed by atoms with Crippen molar-refractivity contribution in [3.8, 4) is 0 Å². The third-order valence-corrected chi connectivity index (χ3v) is 5.50. The van der Waals surface area contributed by atoms with E-state index in [1.54, 1.807) is 29.2 Å². The minimum atomic E-state index is -0.879. The van der Waals surface area contributed by atoms with E-state index in [1.165, 1.54) is 0 Å². The molecule has 2 aromatic carbocycles. The van der Waals surface area contributed by atoms with Gasteiger partial charge in [0.2, 0.25) is 11.8 Å². The molecule has 7 heteroatoms. The first-order valence-corrected chi connectivity index (χ1v) is 10.6. The molecule has 1 heterocycles. The van der Waals surface area contributed by atoms with Crippen LogP contribution in [0.1, 0.15) is 36.0 Å². The number of aliphatic carboxylic acids is 1. The molecule has 4 N–H and O–H groups in total. The minimum Gasteiger partial charge on any atom is -0.481 e. The summed E-state index contributed by atoms with van der Waals surface area (Å²) in [4.78, 5) is 37.9. The first-order valence-electron chi connectivity index (χ1n) is 10.6. The van der Waals surface area contributed by atoms with Gasteiger partial charge in [0.1, 0.15) is 6.04 Å². The Bertz CT molecular complexity index is 899. The number of hydrogen-bond donors (Lipinski definition) is 3. The lowest BCUT2D eigenvalue weighted by Crippen LogP contribution is -2.47. The molecule has 0 radical (unpaired) electrons. The van der Waals surface area contributed by atoms with Crippen molar-refractivity contribution in [3.63, 3.8) is 0 Å². The first-order chi connectivity index (χ1) is 14.9. The second-order valence-corrected chi connectivity index (χ2v) is 8.00. The second-order valence-electron chi connectivity index (χ2n) is 8.00. The molecule has 31 heavy (non-hydrogen) atoms. The highest BCUT2D eigenvalue weighted by Gasteiger charge is 2.34. The standard InChI is InChI=1S/C24H29N3O4/c25-20(13-17-5-2-1-3-6-17)15-22(28)27-12-4-7-21(27)24(31)26-16-19-10-8-18(9-11-19)14-23(29)30/h1-3,5-6,8-11,20-21H,4,7,12-16,25H2,(H,26,31)(H,29,30)/t20-,21+/m1/s1. The van der Waals surface area contributed by atoms with Crippen LogP contribution in [0.25, 0.3) is 0 Å². The predicted octanol–water partition coefficient (Wildman–Crippen LogP) is 1.88. The average molecular weight is 424 g/mol. The summed E-state index contributed by atoms with van der Waals surface area (Å²) in [5.74, 6) is -1.13. The molecule has 1 fully saturated rings. The number of carbonyl (C=O) groups is 3. The van der Waals surface area contributed by atoms with Crippen molar-refractivity contribution in [2.45, 2.75) is 50.7 Å². The highest BCUT2D eigenvalue weighted by atomic mass is 16.4. The summed E-state index contributed by atoms with van der Waals surface area (Å²) >= 11 is 0. The fourth-order valence-electron chi connectivity index (χ4n) is 3.92. The average Bonchev–Trinajstić information content (AvgIpc) is 3.23. The SMILES string of the molecule is N[C@@H](CC(=O)N1CCC[C@H]1C(=O)NCc1ccc(CC(=O)O)cc1)Cc1ccccc1. The van der Waals surface area contributed by atoms with E-state index >= 15 is 0 Å². The summed E-state index contributed by atoms with van der Waals surface area (Å²) in [6.45, 7) is 0.900. The lowest BCUT2D eigenvalue weighted by atomic mass is 10.0. The van der Waals surface area contributed by atoms with Crippen molar-refractivity contribution < 1.29 is 19.5 Å². The van der Waals surface area contributed by atoms with E-state index in [2.05, 4.69) is 5.32 Å². The molecule has 0 saturated carbocycles. The van der Waals surface area contributed by atoms with Crippen LogP contribution in [0, 0.1) is 0 Å². The Morgan fingerprint density at radius 1 is 1.03 bits per heavy atom. The normalized spacial score (nSPS) is 16.7. The lowest BCUT2D eigenvalue weighted by molar-refractivity contribution is -0.138. The number of hydrogen-bond acceptors (Lipinski definition) is 4. The molecule has 0 unspecified atom stereocenters. The molecule has 164 valence electrons. The van der Waals surface area contributed by atoms with Crippen LogP contribution in [0.15, 0.2) is 54.6 Å². The van der Waals surface area contributed by atoms with Crippen LogP contribution >= 0.6 is 0 Å². The van der Waals surface area contributed by atoms with Gasteiger partial charge in [0.05, 0.1) is 6.42 Å². The Labute approximate surface area is 182 Å². The van der Waals surface area contributed by atoms with Gasteiger partial charge in [0.15, 0.2) is 0 Å². The van der Waals surface area contributed by atoms with Gasteiger partial charge in [-0.3, -0.25) is 14.4 Å². The molecule has 0 spiro atoms. The highest BCUT2D eigenvalue weighted by molar-refractivity contribution is 5.88. The van der Waals surface area contributed by atoms with Gasteiger partial charge in [-0.1, -0.05) is 54.6 Å². The second kappa shape index (κ2) is 10.7. The van der Waals surface area contributed by atoms with E-state index < -0.39 is 12.0 Å². The van der Waals surface area contributed by atoms with Gasteiger partial charge in [0, 0.05) is 25.6 Å². The summed E-state index contributed by atoms with van der Waals surface area (Å²) < 4.78 is 0. The highest BCUT2D eigenvalue weighted by Crippen LogP contribution is 2.19. The molecular weight excluding hydrogens is 394 g/mol. The molecule has 0 aromatic heterocycles. The molecule has 7 nitrogen and oxygen atoms in total. The topological polar surface area (TPSA) is 113 Å². The van der Waals surface area contributed by atoms with Gasteiger partial charge in [-0.25, -0.2) is 0 Å². The van der Waals surface area contributed by atoms with Crippen molar-refractivity contribution in [1.82, 2.24) is 10.2 Å². The molecule has 2 amide bonds. The quantitative estimate of drug-likeness (QED) is 0.570. The number of rotatable bonds is 9. The molecule has 0 aliphatic carbocycles. The van der Waals surface area contributed by atoms with E-state index in [1.807, 2.05) is 30.3 Å². The van der Waals surface area contributed by atoms with Gasteiger partial charge in [-0.15, -0.1) is 0 Å². The van der Waals surface area contributed by atoms with Crippen molar-refractivity contribution in [3.05, 3.63) is 71.3 Å². The number of carboxylic acids is 1. The molecule has 2 aromatic rings. The van der Waals surface area contributed by atoms with Gasteiger partial charge in [-0.05, 0) is 36.0 Å². The number of amides is 2. The smallest absolute Gasteiger partial charge is 0.307 e. The zero-order valence-corrected chi connectivity index (χ0v) is 17.5. The maximum atomic E-state index is 12.8. The fraction of sp³-hybridized carbons (Fsp3) is 0.375. The molecule has 1 aliphatic heterocycles. The molecule has 1 aliphatic rings. The first kappa shape index (κ1) is 22.5. The predicted molar refractivity (Wildman–Crippen MR) is 117 cm³/mol. The molecule has 2 atom stereocenters. The Morgan fingerprint density at radius 2 is 1.71 bits per heavy atom. The Balaban J connectivity index is 1.50. The summed E-state index contributed by atoms with van der Waals surface area (Å²) in [6.07, 6.45) is 2.24. The maximum absolute atomic E-state index is 12.8. The van der Waals surface area contributed by atoms with E-state index in [0.717, 1.165) is 17.5 Å². The third-order valence-electron chi connectivity index (χ3n) is 5.50. The monoisotopic (exact) mass is 423 g/mol. The van der Waals surface area contributed by atoms with Gasteiger partial charge in [-0.2, -0.15) is 0 Å². The van der Waals surface area contributed by atoms with Crippen LogP contribution in [0.2, 0.25) is 0 Å². The minimum absolute atomic E-state index is 0.0296. The van der Waals surface area contributed by atoms with E-state index in [4.69, 9.17) is 10.8 Å². The molecule has 1 saturated heterocycles. The number of nitrogens with zero attached hydrogens (tertiary/aromatic N) is 1. The molecule has 3 rings (SSSR count). The summed E-state index contributed by atoms with van der Waals surface area (Å²) in [6, 6.07) is 16.2. The van der Waals surface area contributed by atoms with E-state index in [0.29, 0.717) is 31.5 Å². The zero-order chi connectivity index (χ0) is 22.2. The van der Waals surface area contributed by atoms with Crippen molar-refractivity contribution in [2.75, 3.05) is 6.54 Å². The summed E-state index contributed by atoms with van der Waals surface area (Å²) in [5.41, 5.74) is 8.87. The molecular formula is C24H29N3O4. The number of carboxylic acid groups (broad SMARTS) is 1.